The molecule has 10 heteroatoms. The van der Waals surface area contributed by atoms with Crippen LogP contribution in [0.3, 0.4) is 0 Å². The summed E-state index contributed by atoms with van der Waals surface area (Å²) in [5.74, 6) is -1.82. The number of fused-ring (bicyclic) bond motifs is 1. The molecule has 8 nitrogen and oxygen atoms in total. The molecule has 0 fully saturated rings. The number of hydrogen-bond acceptors (Lipinski definition) is 7. The Morgan fingerprint density at radius 1 is 1.10 bits per heavy atom. The largest absolute Gasteiger partial charge is 0.493 e. The Morgan fingerprint density at radius 3 is 2.47 bits per heavy atom. The minimum atomic E-state index is -0.813. The molecule has 150 valence electrons. The number of carbonyl (C=O) groups excluding carboxylic acids is 2. The summed E-state index contributed by atoms with van der Waals surface area (Å²) in [6.45, 7) is 0. The van der Waals surface area contributed by atoms with Crippen molar-refractivity contribution < 1.29 is 23.5 Å². The fourth-order valence-electron chi connectivity index (χ4n) is 2.77. The van der Waals surface area contributed by atoms with Crippen molar-refractivity contribution in [3.8, 4) is 17.4 Å². The van der Waals surface area contributed by atoms with Gasteiger partial charge in [0.2, 0.25) is 11.1 Å². The molecule has 2 amide bonds. The number of imide groups is 1. The molecule has 2 aromatic carbocycles. The van der Waals surface area contributed by atoms with Gasteiger partial charge in [0, 0.05) is 0 Å². The van der Waals surface area contributed by atoms with Gasteiger partial charge in [0.15, 0.2) is 11.5 Å². The number of carbonyl (C=O) groups is 2. The summed E-state index contributed by atoms with van der Waals surface area (Å²) in [4.78, 5) is 32.0. The van der Waals surface area contributed by atoms with Crippen molar-refractivity contribution in [1.82, 2.24) is 15.0 Å². The maximum Gasteiger partial charge on any atom is 0.282 e. The van der Waals surface area contributed by atoms with Crippen molar-refractivity contribution >= 4 is 29.6 Å². The van der Waals surface area contributed by atoms with Crippen LogP contribution >= 0.6 is 11.6 Å². The molecular formula is C20H12ClFN4O4. The number of hydrogen-bond donors (Lipinski definition) is 0. The third kappa shape index (κ3) is 3.58. The molecule has 0 bridgehead atoms. The number of benzene rings is 2. The van der Waals surface area contributed by atoms with Gasteiger partial charge in [-0.15, -0.1) is 0 Å². The second kappa shape index (κ2) is 7.88. The first-order valence-corrected chi connectivity index (χ1v) is 8.91. The number of methoxy groups -OCH3 is 1. The average molecular weight is 427 g/mol. The highest BCUT2D eigenvalue weighted by atomic mass is 35.5. The van der Waals surface area contributed by atoms with Crippen molar-refractivity contribution in [1.29, 1.82) is 0 Å². The summed E-state index contributed by atoms with van der Waals surface area (Å²) in [6, 6.07) is 11.1. The molecule has 0 saturated carbocycles. The number of amides is 2. The van der Waals surface area contributed by atoms with E-state index in [1.807, 2.05) is 0 Å². The molecule has 4 rings (SSSR count). The van der Waals surface area contributed by atoms with Crippen LogP contribution in [0.25, 0.3) is 0 Å². The fourth-order valence-corrected chi connectivity index (χ4v) is 2.89. The van der Waals surface area contributed by atoms with Gasteiger partial charge in [0.1, 0.15) is 0 Å². The van der Waals surface area contributed by atoms with Crippen LogP contribution in [0.5, 0.6) is 17.4 Å². The third-order valence-corrected chi connectivity index (χ3v) is 4.35. The number of hydrazone groups is 1. The smallest absolute Gasteiger partial charge is 0.282 e. The Morgan fingerprint density at radius 2 is 1.80 bits per heavy atom. The quantitative estimate of drug-likeness (QED) is 0.351. The van der Waals surface area contributed by atoms with E-state index in [9.17, 15) is 14.0 Å². The Kier molecular flexibility index (Phi) is 5.11. The molecular weight excluding hydrogens is 415 g/mol. The molecule has 0 aliphatic carbocycles. The van der Waals surface area contributed by atoms with E-state index in [1.54, 1.807) is 36.4 Å². The van der Waals surface area contributed by atoms with Gasteiger partial charge < -0.3 is 9.47 Å². The maximum absolute atomic E-state index is 13.9. The van der Waals surface area contributed by atoms with Crippen LogP contribution in [0.2, 0.25) is 5.28 Å². The number of aromatic nitrogens is 2. The molecule has 3 aromatic rings. The summed E-state index contributed by atoms with van der Waals surface area (Å²) in [6.07, 6.45) is 2.18. The van der Waals surface area contributed by atoms with E-state index in [2.05, 4.69) is 15.1 Å². The molecule has 0 N–H and O–H groups in total. The lowest BCUT2D eigenvalue weighted by atomic mass is 10.1. The minimum Gasteiger partial charge on any atom is -0.493 e. The zero-order valence-corrected chi connectivity index (χ0v) is 16.1. The zero-order chi connectivity index (χ0) is 21.3. The van der Waals surface area contributed by atoms with E-state index < -0.39 is 17.6 Å². The van der Waals surface area contributed by atoms with Crippen LogP contribution in [-0.2, 0) is 0 Å². The van der Waals surface area contributed by atoms with Gasteiger partial charge in [0.05, 0.1) is 30.6 Å². The molecule has 0 atom stereocenters. The molecule has 0 unspecified atom stereocenters. The normalized spacial score (nSPS) is 13.1. The number of rotatable bonds is 5. The van der Waals surface area contributed by atoms with Crippen molar-refractivity contribution in [2.75, 3.05) is 7.11 Å². The van der Waals surface area contributed by atoms with Crippen LogP contribution in [0, 0.1) is 5.82 Å². The van der Waals surface area contributed by atoms with Gasteiger partial charge in [0.25, 0.3) is 17.7 Å². The van der Waals surface area contributed by atoms with Crippen molar-refractivity contribution in [3.05, 3.63) is 76.5 Å². The second-order valence-corrected chi connectivity index (χ2v) is 6.35. The zero-order valence-electron chi connectivity index (χ0n) is 15.4. The maximum atomic E-state index is 13.9. The van der Waals surface area contributed by atoms with Crippen LogP contribution in [0.15, 0.2) is 53.8 Å². The first-order chi connectivity index (χ1) is 14.5. The standard InChI is InChI=1S/C20H12ClFN4O4/c1-29-15-7-6-11(8-16(15)30-17-14(22)10-23-20(21)25-17)9-24-26-18(27)12-4-2-3-5-13(12)19(26)28/h2-10H,1H3/b24-9-. The van der Waals surface area contributed by atoms with Crippen molar-refractivity contribution in [3.63, 3.8) is 0 Å². The highest BCUT2D eigenvalue weighted by Crippen LogP contribution is 2.32. The number of nitrogens with zero attached hydrogens (tertiary/aromatic N) is 4. The predicted octanol–water partition coefficient (Wildman–Crippen LogP) is 3.70. The highest BCUT2D eigenvalue weighted by molar-refractivity contribution is 6.28. The molecule has 1 aromatic heterocycles. The van der Waals surface area contributed by atoms with E-state index in [0.29, 0.717) is 11.3 Å². The lowest BCUT2D eigenvalue weighted by Crippen LogP contribution is -2.23. The molecule has 2 heterocycles. The first kappa shape index (κ1) is 19.5. The van der Waals surface area contributed by atoms with Crippen LogP contribution < -0.4 is 9.47 Å². The SMILES string of the molecule is COc1ccc(/C=N\N2C(=O)c3ccccc3C2=O)cc1Oc1nc(Cl)ncc1F. The van der Waals surface area contributed by atoms with E-state index in [1.165, 1.54) is 19.4 Å². The van der Waals surface area contributed by atoms with E-state index in [0.717, 1.165) is 11.2 Å². The topological polar surface area (TPSA) is 94.0 Å². The van der Waals surface area contributed by atoms with E-state index >= 15 is 0 Å². The average Bonchev–Trinajstić information content (AvgIpc) is 2.99. The van der Waals surface area contributed by atoms with E-state index in [-0.39, 0.29) is 28.0 Å². The molecule has 0 spiro atoms. The predicted molar refractivity (Wildman–Crippen MR) is 105 cm³/mol. The summed E-state index contributed by atoms with van der Waals surface area (Å²) in [5, 5.41) is 4.59. The lowest BCUT2D eigenvalue weighted by molar-refractivity contribution is 0.0660. The molecule has 1 aliphatic rings. The Balaban J connectivity index is 1.62. The lowest BCUT2D eigenvalue weighted by Gasteiger charge is -2.11. The van der Waals surface area contributed by atoms with Gasteiger partial charge in [-0.25, -0.2) is 4.98 Å². The fraction of sp³-hybridized carbons (Fsp3) is 0.0500. The van der Waals surface area contributed by atoms with Gasteiger partial charge >= 0.3 is 0 Å². The van der Waals surface area contributed by atoms with Crippen LogP contribution in [0.1, 0.15) is 26.3 Å². The molecule has 1 aliphatic heterocycles. The Labute approximate surface area is 174 Å². The monoisotopic (exact) mass is 426 g/mol. The number of halogens is 2. The summed E-state index contributed by atoms with van der Waals surface area (Å²) >= 11 is 5.69. The summed E-state index contributed by atoms with van der Waals surface area (Å²) in [5.41, 5.74) is 1.03. The summed E-state index contributed by atoms with van der Waals surface area (Å²) < 4.78 is 24.6. The summed E-state index contributed by atoms with van der Waals surface area (Å²) in [7, 11) is 1.41. The third-order valence-electron chi connectivity index (χ3n) is 4.17. The van der Waals surface area contributed by atoms with Gasteiger partial charge in [-0.3, -0.25) is 9.59 Å². The Bertz CT molecular complexity index is 1170. The minimum absolute atomic E-state index is 0.123. The second-order valence-electron chi connectivity index (χ2n) is 6.02. The van der Waals surface area contributed by atoms with Crippen LogP contribution in [-0.4, -0.2) is 40.1 Å². The molecule has 0 saturated heterocycles. The van der Waals surface area contributed by atoms with Crippen LogP contribution in [0.4, 0.5) is 4.39 Å². The van der Waals surface area contributed by atoms with Crippen molar-refractivity contribution in [2.24, 2.45) is 5.10 Å². The Hall–Kier alpha value is -3.85. The molecule has 0 radical (unpaired) electrons. The van der Waals surface area contributed by atoms with E-state index in [4.69, 9.17) is 21.1 Å². The van der Waals surface area contributed by atoms with Gasteiger partial charge in [-0.1, -0.05) is 12.1 Å². The van der Waals surface area contributed by atoms with Crippen molar-refractivity contribution in [2.45, 2.75) is 0 Å². The molecule has 30 heavy (non-hydrogen) atoms. The highest BCUT2D eigenvalue weighted by Gasteiger charge is 2.35. The van der Waals surface area contributed by atoms with Gasteiger partial charge in [-0.2, -0.15) is 19.5 Å². The number of ether oxygens (including phenoxy) is 2. The van der Waals surface area contributed by atoms with Gasteiger partial charge in [-0.05, 0) is 47.5 Å². The first-order valence-electron chi connectivity index (χ1n) is 8.53.